The lowest BCUT2D eigenvalue weighted by atomic mass is 9.87. The molecule has 0 saturated heterocycles. The molecule has 3 aromatic rings. The van der Waals surface area contributed by atoms with Gasteiger partial charge in [-0.3, -0.25) is 4.79 Å². The van der Waals surface area contributed by atoms with Gasteiger partial charge in [-0.05, 0) is 42.2 Å². The van der Waals surface area contributed by atoms with E-state index >= 15 is 0 Å². The molecule has 4 rings (SSSR count). The molecule has 0 fully saturated rings. The minimum absolute atomic E-state index is 0.0468. The van der Waals surface area contributed by atoms with Crippen LogP contribution in [0, 0.1) is 0 Å². The topological polar surface area (TPSA) is 38.3 Å². The van der Waals surface area contributed by atoms with Gasteiger partial charge in [0.1, 0.15) is 11.5 Å². The van der Waals surface area contributed by atoms with Gasteiger partial charge in [-0.1, -0.05) is 62.4 Å². The van der Waals surface area contributed by atoms with Crippen molar-refractivity contribution in [2.75, 3.05) is 5.32 Å². The van der Waals surface area contributed by atoms with Crippen LogP contribution in [0.1, 0.15) is 48.8 Å². The van der Waals surface area contributed by atoms with Gasteiger partial charge in [-0.15, -0.1) is 0 Å². The number of rotatable bonds is 4. The van der Waals surface area contributed by atoms with Gasteiger partial charge in [-0.2, -0.15) is 0 Å². The zero-order valence-corrected chi connectivity index (χ0v) is 15.6. The van der Waals surface area contributed by atoms with Crippen LogP contribution in [0.4, 0.5) is 5.69 Å². The number of amides is 1. The van der Waals surface area contributed by atoms with E-state index in [9.17, 15) is 4.79 Å². The van der Waals surface area contributed by atoms with E-state index in [1.807, 2.05) is 60.7 Å². The highest BCUT2D eigenvalue weighted by molar-refractivity contribution is 5.99. The summed E-state index contributed by atoms with van der Waals surface area (Å²) >= 11 is 0. The van der Waals surface area contributed by atoms with Crippen LogP contribution in [0.15, 0.2) is 72.8 Å². The number of anilines is 1. The van der Waals surface area contributed by atoms with Gasteiger partial charge in [0.25, 0.3) is 0 Å². The number of fused-ring (bicyclic) bond motifs is 2. The number of carbonyl (C=O) groups excluding carboxylic acids is 1. The molecule has 0 aliphatic carbocycles. The van der Waals surface area contributed by atoms with Crippen molar-refractivity contribution >= 4 is 11.6 Å². The summed E-state index contributed by atoms with van der Waals surface area (Å²) in [4.78, 5) is 13.2. The summed E-state index contributed by atoms with van der Waals surface area (Å²) in [6, 6.07) is 23.6. The Hall–Kier alpha value is -3.07. The van der Waals surface area contributed by atoms with Crippen LogP contribution in [0.25, 0.3) is 0 Å². The van der Waals surface area contributed by atoms with Crippen LogP contribution in [0.5, 0.6) is 11.5 Å². The summed E-state index contributed by atoms with van der Waals surface area (Å²) in [5, 5.41) is 3.08. The molecule has 27 heavy (non-hydrogen) atoms. The number of hydrogen-bond acceptors (Lipinski definition) is 2. The molecule has 1 atom stereocenters. The summed E-state index contributed by atoms with van der Waals surface area (Å²) in [5.41, 5.74) is 3.89. The van der Waals surface area contributed by atoms with E-state index in [1.54, 1.807) is 0 Å². The van der Waals surface area contributed by atoms with E-state index < -0.39 is 0 Å². The number of carbonyl (C=O) groups is 1. The van der Waals surface area contributed by atoms with Gasteiger partial charge < -0.3 is 10.1 Å². The van der Waals surface area contributed by atoms with Crippen molar-refractivity contribution in [2.24, 2.45) is 0 Å². The van der Waals surface area contributed by atoms with Gasteiger partial charge >= 0.3 is 0 Å². The molecule has 3 nitrogen and oxygen atoms in total. The maximum Gasteiger partial charge on any atom is 0.236 e. The van der Waals surface area contributed by atoms with Crippen LogP contribution in [0.3, 0.4) is 0 Å². The summed E-state index contributed by atoms with van der Waals surface area (Å²) in [6.07, 6.45) is 1.10. The van der Waals surface area contributed by atoms with Crippen LogP contribution < -0.4 is 10.1 Å². The summed E-state index contributed by atoms with van der Waals surface area (Å²) in [5.74, 6) is 1.56. The molecule has 0 saturated carbocycles. The number of benzene rings is 3. The van der Waals surface area contributed by atoms with Crippen molar-refractivity contribution in [3.05, 3.63) is 89.5 Å². The molecule has 0 aromatic heterocycles. The second kappa shape index (κ2) is 7.28. The maximum atomic E-state index is 13.2. The predicted molar refractivity (Wildman–Crippen MR) is 109 cm³/mol. The predicted octanol–water partition coefficient (Wildman–Crippen LogP) is 6.08. The zero-order valence-electron chi connectivity index (χ0n) is 15.6. The molecule has 0 radical (unpaired) electrons. The Kier molecular flexibility index (Phi) is 4.68. The normalized spacial score (nSPS) is 13.9. The van der Waals surface area contributed by atoms with E-state index in [1.165, 1.54) is 5.56 Å². The van der Waals surface area contributed by atoms with Gasteiger partial charge in [0.15, 0.2) is 0 Å². The maximum absolute atomic E-state index is 13.2. The zero-order chi connectivity index (χ0) is 18.8. The van der Waals surface area contributed by atoms with E-state index in [4.69, 9.17) is 4.74 Å². The monoisotopic (exact) mass is 357 g/mol. The Labute approximate surface area is 160 Å². The first-order valence-electron chi connectivity index (χ1n) is 9.44. The van der Waals surface area contributed by atoms with E-state index in [0.29, 0.717) is 5.92 Å². The van der Waals surface area contributed by atoms with Gasteiger partial charge in [0.05, 0.1) is 5.92 Å². The van der Waals surface area contributed by atoms with Gasteiger partial charge in [0.2, 0.25) is 5.91 Å². The van der Waals surface area contributed by atoms with Crippen molar-refractivity contribution in [1.82, 2.24) is 0 Å². The highest BCUT2D eigenvalue weighted by atomic mass is 16.5. The molecule has 1 heterocycles. The van der Waals surface area contributed by atoms with Crippen molar-refractivity contribution in [2.45, 2.75) is 32.1 Å². The number of nitrogens with one attached hydrogen (secondary N) is 1. The number of ether oxygens (including phenoxy) is 1. The molecule has 0 unspecified atom stereocenters. The molecule has 1 aliphatic heterocycles. The van der Waals surface area contributed by atoms with E-state index in [-0.39, 0.29) is 11.8 Å². The smallest absolute Gasteiger partial charge is 0.236 e. The van der Waals surface area contributed by atoms with Crippen LogP contribution >= 0.6 is 0 Å². The lowest BCUT2D eigenvalue weighted by molar-refractivity contribution is -0.116. The molecule has 0 spiro atoms. The van der Waals surface area contributed by atoms with Crippen LogP contribution in [0.2, 0.25) is 0 Å². The minimum Gasteiger partial charge on any atom is -0.457 e. The summed E-state index contributed by atoms with van der Waals surface area (Å²) in [7, 11) is 0. The molecule has 1 aliphatic rings. The Balaban J connectivity index is 1.64. The molecule has 136 valence electrons. The summed E-state index contributed by atoms with van der Waals surface area (Å²) < 4.78 is 5.98. The Morgan fingerprint density at radius 3 is 2.04 bits per heavy atom. The molecule has 3 aromatic carbocycles. The van der Waals surface area contributed by atoms with Gasteiger partial charge in [0, 0.05) is 16.8 Å². The molecule has 1 amide bonds. The lowest BCUT2D eigenvalue weighted by Gasteiger charge is -2.27. The minimum atomic E-state index is -0.389. The fourth-order valence-corrected chi connectivity index (χ4v) is 3.54. The van der Waals surface area contributed by atoms with Crippen LogP contribution in [-0.4, -0.2) is 5.91 Å². The highest BCUT2D eigenvalue weighted by Gasteiger charge is 2.32. The lowest BCUT2D eigenvalue weighted by Crippen LogP contribution is -2.25. The quantitative estimate of drug-likeness (QED) is 0.615. The van der Waals surface area contributed by atoms with E-state index in [2.05, 4.69) is 31.3 Å². The standard InChI is InChI=1S/C24H23NO2/c1-3-16(2)17-12-14-18(15-13-17)25-24(26)23-19-8-4-6-10-21(19)27-22-11-7-5-9-20(22)23/h4-16,23H,3H2,1-2H3,(H,25,26)/t16-/m1/s1. The second-order valence-electron chi connectivity index (χ2n) is 7.03. The first kappa shape index (κ1) is 17.3. The van der Waals surface area contributed by atoms with E-state index in [0.717, 1.165) is 34.7 Å². The Morgan fingerprint density at radius 1 is 0.926 bits per heavy atom. The fraction of sp³-hybridized carbons (Fsp3) is 0.208. The molecular weight excluding hydrogens is 334 g/mol. The summed E-state index contributed by atoms with van der Waals surface area (Å²) in [6.45, 7) is 4.39. The third-order valence-electron chi connectivity index (χ3n) is 5.30. The van der Waals surface area contributed by atoms with Crippen molar-refractivity contribution in [1.29, 1.82) is 0 Å². The average molecular weight is 357 g/mol. The fourth-order valence-electron chi connectivity index (χ4n) is 3.54. The van der Waals surface area contributed by atoms with Crippen molar-refractivity contribution in [3.63, 3.8) is 0 Å². The third kappa shape index (κ3) is 3.33. The molecular formula is C24H23NO2. The third-order valence-corrected chi connectivity index (χ3v) is 5.30. The first-order chi connectivity index (χ1) is 13.2. The molecule has 3 heteroatoms. The largest absolute Gasteiger partial charge is 0.457 e. The van der Waals surface area contributed by atoms with Crippen molar-refractivity contribution < 1.29 is 9.53 Å². The Bertz CT molecular complexity index is 917. The molecule has 0 bridgehead atoms. The highest BCUT2D eigenvalue weighted by Crippen LogP contribution is 2.44. The van der Waals surface area contributed by atoms with Crippen LogP contribution in [-0.2, 0) is 4.79 Å². The first-order valence-corrected chi connectivity index (χ1v) is 9.44. The average Bonchev–Trinajstić information content (AvgIpc) is 2.71. The SMILES string of the molecule is CC[C@@H](C)c1ccc(NC(=O)C2c3ccccc3Oc3ccccc32)cc1. The number of para-hydroxylation sites is 2. The second-order valence-corrected chi connectivity index (χ2v) is 7.03. The molecule has 1 N–H and O–H groups in total. The van der Waals surface area contributed by atoms with Crippen molar-refractivity contribution in [3.8, 4) is 11.5 Å². The Morgan fingerprint density at radius 2 is 1.48 bits per heavy atom. The van der Waals surface area contributed by atoms with Gasteiger partial charge in [-0.25, -0.2) is 0 Å². The number of hydrogen-bond donors (Lipinski definition) is 1.